The van der Waals surface area contributed by atoms with Gasteiger partial charge in [-0.2, -0.15) is 5.10 Å². The van der Waals surface area contributed by atoms with E-state index in [4.69, 9.17) is 22.3 Å². The number of halogens is 1. The van der Waals surface area contributed by atoms with E-state index in [9.17, 15) is 9.90 Å². The first-order chi connectivity index (χ1) is 17.4. The van der Waals surface area contributed by atoms with Crippen molar-refractivity contribution in [3.8, 4) is 11.4 Å². The summed E-state index contributed by atoms with van der Waals surface area (Å²) in [5.74, 6) is 0.497. The number of rotatable bonds is 7. The van der Waals surface area contributed by atoms with Gasteiger partial charge in [-0.1, -0.05) is 23.8 Å². The maximum absolute atomic E-state index is 12.2. The lowest BCUT2D eigenvalue weighted by Gasteiger charge is -2.32. The topological polar surface area (TPSA) is 138 Å². The van der Waals surface area contributed by atoms with E-state index in [-0.39, 0.29) is 35.8 Å². The molecule has 36 heavy (non-hydrogen) atoms. The molecule has 0 radical (unpaired) electrons. The number of nitrogens with one attached hydrogen (secondary N) is 2. The van der Waals surface area contributed by atoms with E-state index in [1.165, 1.54) is 0 Å². The molecule has 4 heterocycles. The molecule has 190 valence electrons. The number of fused-ring (bicyclic) bond motifs is 3. The summed E-state index contributed by atoms with van der Waals surface area (Å²) in [5, 5.41) is 18.2. The molecule has 5 atom stereocenters. The fraction of sp³-hybridized carbons (Fsp3) is 0.520. The van der Waals surface area contributed by atoms with Gasteiger partial charge in [0.15, 0.2) is 5.65 Å². The van der Waals surface area contributed by atoms with Crippen LogP contribution in [0.3, 0.4) is 0 Å². The van der Waals surface area contributed by atoms with E-state index in [1.54, 1.807) is 6.20 Å². The van der Waals surface area contributed by atoms with Gasteiger partial charge in [-0.05, 0) is 38.0 Å². The van der Waals surface area contributed by atoms with Crippen LogP contribution in [-0.2, 0) is 4.79 Å². The maximum Gasteiger partial charge on any atom is 0.223 e. The molecule has 11 heteroatoms. The van der Waals surface area contributed by atoms with Gasteiger partial charge in [-0.3, -0.25) is 9.48 Å². The second-order valence-electron chi connectivity index (χ2n) is 10.4. The van der Waals surface area contributed by atoms with Crippen LogP contribution >= 0.6 is 11.6 Å². The van der Waals surface area contributed by atoms with E-state index in [0.717, 1.165) is 37.9 Å². The summed E-state index contributed by atoms with van der Waals surface area (Å²) >= 11 is 6.57. The Hall–Kier alpha value is -2.95. The van der Waals surface area contributed by atoms with Gasteiger partial charge in [0.05, 0.1) is 46.7 Å². The van der Waals surface area contributed by atoms with E-state index in [0.29, 0.717) is 40.3 Å². The molecule has 3 aliphatic rings. The highest BCUT2D eigenvalue weighted by Gasteiger charge is 2.47. The lowest BCUT2D eigenvalue weighted by atomic mass is 9.88. The van der Waals surface area contributed by atoms with Crippen LogP contribution in [0.25, 0.3) is 22.6 Å². The Morgan fingerprint density at radius 2 is 2.08 bits per heavy atom. The standard InChI is InChI=1S/C25H31ClN8O2/c1-13(35)11-33-6-4-17(5-7-33)34-12-16(9-29-34)24-31-22-21(18(26)10-28-25(22)32-24)30-20-15-3-2-14(8-15)19(20)23(27)36/h2-3,9-10,12-15,17,19-20,35H,4-8,11H2,1H3,(H2,27,36)(H2,28,30,31,32)/t13-,14?,15?,19?,20?/m1/s1. The number of allylic oxidation sites excluding steroid dienone is 1. The molecule has 0 spiro atoms. The van der Waals surface area contributed by atoms with Crippen LogP contribution in [0, 0.1) is 17.8 Å². The van der Waals surface area contributed by atoms with E-state index in [2.05, 4.69) is 37.4 Å². The Bertz CT molecular complexity index is 1310. The highest BCUT2D eigenvalue weighted by molar-refractivity contribution is 6.34. The molecular formula is C25H31ClN8O2. The fourth-order valence-corrected chi connectivity index (χ4v) is 6.37. The van der Waals surface area contributed by atoms with Crippen molar-refractivity contribution in [1.29, 1.82) is 0 Å². The SMILES string of the molecule is C[C@@H](O)CN1CCC(n2cc(-c3nc4c(NC5C6C=CC(C6)C5C(N)=O)c(Cl)cnc4[nH]3)cn2)CC1. The van der Waals surface area contributed by atoms with Crippen LogP contribution in [-0.4, -0.2) is 72.4 Å². The van der Waals surface area contributed by atoms with Crippen molar-refractivity contribution in [2.45, 2.75) is 44.4 Å². The molecule has 10 nitrogen and oxygen atoms in total. The number of aromatic nitrogens is 5. The van der Waals surface area contributed by atoms with Gasteiger partial charge in [0.25, 0.3) is 0 Å². The number of hydrogen-bond acceptors (Lipinski definition) is 7. The monoisotopic (exact) mass is 510 g/mol. The number of anilines is 1. The number of nitrogens with zero attached hydrogens (tertiary/aromatic N) is 5. The number of hydrogen-bond donors (Lipinski definition) is 4. The second kappa shape index (κ2) is 9.17. The number of primary amides is 1. The Labute approximate surface area is 213 Å². The third kappa shape index (κ3) is 4.16. The highest BCUT2D eigenvalue weighted by Crippen LogP contribution is 2.46. The molecule has 1 saturated carbocycles. The number of aromatic amines is 1. The van der Waals surface area contributed by atoms with Gasteiger partial charge >= 0.3 is 0 Å². The summed E-state index contributed by atoms with van der Waals surface area (Å²) in [5.41, 5.74) is 8.54. The Kier molecular flexibility index (Phi) is 5.97. The van der Waals surface area contributed by atoms with Crippen molar-refractivity contribution in [3.63, 3.8) is 0 Å². The number of imidazole rings is 1. The zero-order valence-electron chi connectivity index (χ0n) is 20.1. The summed E-state index contributed by atoms with van der Waals surface area (Å²) < 4.78 is 2.01. The molecule has 4 unspecified atom stereocenters. The first kappa shape index (κ1) is 23.4. The minimum atomic E-state index is -0.311. The first-order valence-electron chi connectivity index (χ1n) is 12.6. The summed E-state index contributed by atoms with van der Waals surface area (Å²) in [6, 6.07) is 0.193. The Balaban J connectivity index is 1.23. The van der Waals surface area contributed by atoms with Crippen LogP contribution in [0.5, 0.6) is 0 Å². The molecule has 0 aromatic carbocycles. The van der Waals surface area contributed by atoms with Crippen LogP contribution in [0.15, 0.2) is 30.7 Å². The minimum absolute atomic E-state index is 0.122. The predicted molar refractivity (Wildman–Crippen MR) is 137 cm³/mol. The molecule has 1 saturated heterocycles. The third-order valence-corrected chi connectivity index (χ3v) is 8.18. The van der Waals surface area contributed by atoms with Crippen LogP contribution in [0.1, 0.15) is 32.2 Å². The fourth-order valence-electron chi connectivity index (χ4n) is 6.18. The van der Waals surface area contributed by atoms with Gasteiger partial charge in [0.2, 0.25) is 5.91 Å². The van der Waals surface area contributed by atoms with Gasteiger partial charge in [0.1, 0.15) is 11.3 Å². The van der Waals surface area contributed by atoms with Gasteiger partial charge in [-0.15, -0.1) is 0 Å². The molecule has 2 fully saturated rings. The lowest BCUT2D eigenvalue weighted by molar-refractivity contribution is -0.122. The molecular weight excluding hydrogens is 480 g/mol. The largest absolute Gasteiger partial charge is 0.392 e. The Morgan fingerprint density at radius 3 is 2.83 bits per heavy atom. The number of carbonyl (C=O) groups is 1. The van der Waals surface area contributed by atoms with Crippen molar-refractivity contribution in [3.05, 3.63) is 35.8 Å². The lowest BCUT2D eigenvalue weighted by Crippen LogP contribution is -2.41. The first-order valence-corrected chi connectivity index (χ1v) is 13.0. The third-order valence-electron chi connectivity index (χ3n) is 7.89. The van der Waals surface area contributed by atoms with E-state index >= 15 is 0 Å². The number of β-amino-alcohol motifs (C(OH)–C–C–N with tert-alkyl or cyclic N) is 1. The molecule has 1 amide bonds. The second-order valence-corrected chi connectivity index (χ2v) is 10.8. The van der Waals surface area contributed by atoms with Crippen molar-refractivity contribution in [2.24, 2.45) is 23.5 Å². The minimum Gasteiger partial charge on any atom is -0.392 e. The number of H-pyrrole nitrogens is 1. The van der Waals surface area contributed by atoms with Crippen molar-refractivity contribution in [2.75, 3.05) is 25.0 Å². The zero-order chi connectivity index (χ0) is 25.0. The van der Waals surface area contributed by atoms with Gasteiger partial charge < -0.3 is 26.0 Å². The molecule has 1 aliphatic heterocycles. The smallest absolute Gasteiger partial charge is 0.223 e. The summed E-state index contributed by atoms with van der Waals surface area (Å²) in [6.45, 7) is 4.42. The quantitative estimate of drug-likeness (QED) is 0.358. The number of piperidine rings is 1. The average molecular weight is 511 g/mol. The Morgan fingerprint density at radius 1 is 1.31 bits per heavy atom. The van der Waals surface area contributed by atoms with E-state index < -0.39 is 0 Å². The average Bonchev–Trinajstić information content (AvgIpc) is 3.63. The number of likely N-dealkylation sites (tertiary alicyclic amines) is 1. The van der Waals surface area contributed by atoms with Crippen molar-refractivity contribution < 1.29 is 9.90 Å². The summed E-state index contributed by atoms with van der Waals surface area (Å²) in [6.07, 6.45) is 12.3. The van der Waals surface area contributed by atoms with Crippen LogP contribution in [0.4, 0.5) is 5.69 Å². The number of amides is 1. The highest BCUT2D eigenvalue weighted by atomic mass is 35.5. The van der Waals surface area contributed by atoms with Crippen molar-refractivity contribution >= 4 is 34.4 Å². The number of nitrogens with two attached hydrogens (primary N) is 1. The van der Waals surface area contributed by atoms with Crippen LogP contribution < -0.4 is 11.1 Å². The molecule has 3 aromatic rings. The van der Waals surface area contributed by atoms with Crippen LogP contribution in [0.2, 0.25) is 5.02 Å². The summed E-state index contributed by atoms with van der Waals surface area (Å²) in [4.78, 5) is 27.1. The van der Waals surface area contributed by atoms with Gasteiger partial charge in [0, 0.05) is 31.9 Å². The molecule has 6 rings (SSSR count). The molecule has 2 bridgehead atoms. The molecule has 2 aliphatic carbocycles. The number of carbonyl (C=O) groups excluding carboxylic acids is 1. The molecule has 3 aromatic heterocycles. The maximum atomic E-state index is 12.2. The number of aliphatic hydroxyl groups excluding tert-OH is 1. The van der Waals surface area contributed by atoms with E-state index in [1.807, 2.05) is 24.0 Å². The predicted octanol–water partition coefficient (Wildman–Crippen LogP) is 2.58. The zero-order valence-corrected chi connectivity index (χ0v) is 20.9. The summed E-state index contributed by atoms with van der Waals surface area (Å²) in [7, 11) is 0. The van der Waals surface area contributed by atoms with Crippen molar-refractivity contribution in [1.82, 2.24) is 29.6 Å². The number of aliphatic hydroxyl groups is 1. The molecule has 5 N–H and O–H groups in total. The number of pyridine rings is 1. The van der Waals surface area contributed by atoms with Gasteiger partial charge in [-0.25, -0.2) is 9.97 Å². The normalized spacial score (nSPS) is 27.2.